The minimum atomic E-state index is 0.196. The molecule has 1 aromatic heterocycles. The maximum absolute atomic E-state index is 9.41. The zero-order valence-electron chi connectivity index (χ0n) is 10.2. The van der Waals surface area contributed by atoms with E-state index in [0.29, 0.717) is 27.2 Å². The normalized spacial score (nSPS) is 10.7. The largest absolute Gasteiger partial charge is 0.508 e. The molecular weight excluding hydrogens is 297 g/mol. The van der Waals surface area contributed by atoms with Gasteiger partial charge in [-0.15, -0.1) is 0 Å². The number of rotatable bonds is 2. The van der Waals surface area contributed by atoms with Gasteiger partial charge < -0.3 is 9.84 Å². The quantitative estimate of drug-likeness (QED) is 0.721. The summed E-state index contributed by atoms with van der Waals surface area (Å²) in [5.74, 6) is 0.960. The first-order valence-electron chi connectivity index (χ1n) is 5.85. The van der Waals surface area contributed by atoms with Crippen LogP contribution in [-0.4, -0.2) is 10.1 Å². The van der Waals surface area contributed by atoms with E-state index >= 15 is 0 Å². The van der Waals surface area contributed by atoms with Gasteiger partial charge in [-0.25, -0.2) is 4.98 Å². The lowest BCUT2D eigenvalue weighted by Gasteiger charge is -2.09. The van der Waals surface area contributed by atoms with Gasteiger partial charge in [-0.3, -0.25) is 0 Å². The zero-order valence-corrected chi connectivity index (χ0v) is 11.7. The average Bonchev–Trinajstić information content (AvgIpc) is 2.43. The van der Waals surface area contributed by atoms with E-state index in [9.17, 15) is 5.11 Å². The number of phenolic OH excluding ortho intramolecular Hbond substituents is 1. The number of halogens is 2. The van der Waals surface area contributed by atoms with Crippen LogP contribution >= 0.6 is 23.2 Å². The van der Waals surface area contributed by atoms with Crippen molar-refractivity contribution in [3.05, 3.63) is 58.6 Å². The molecule has 0 atom stereocenters. The molecule has 1 heterocycles. The smallest absolute Gasteiger partial charge is 0.219 e. The monoisotopic (exact) mass is 305 g/mol. The first kappa shape index (κ1) is 13.0. The van der Waals surface area contributed by atoms with Gasteiger partial charge in [-0.2, -0.15) is 0 Å². The third kappa shape index (κ3) is 2.50. The highest BCUT2D eigenvalue weighted by Gasteiger charge is 2.09. The molecule has 0 spiro atoms. The highest BCUT2D eigenvalue weighted by molar-refractivity contribution is 6.37. The number of para-hydroxylation sites is 1. The molecular formula is C15H9Cl2NO2. The molecule has 0 saturated carbocycles. The van der Waals surface area contributed by atoms with Crippen molar-refractivity contribution in [2.75, 3.05) is 0 Å². The molecule has 0 aliphatic rings. The average molecular weight is 306 g/mol. The summed E-state index contributed by atoms with van der Waals surface area (Å²) in [5, 5.41) is 11.1. The van der Waals surface area contributed by atoms with Gasteiger partial charge in [0, 0.05) is 11.5 Å². The SMILES string of the molecule is Oc1ccc2nc(Oc3c(Cl)cccc3Cl)ccc2c1. The summed E-state index contributed by atoms with van der Waals surface area (Å²) >= 11 is 12.1. The fourth-order valence-electron chi connectivity index (χ4n) is 1.84. The number of phenols is 1. The Morgan fingerprint density at radius 3 is 2.45 bits per heavy atom. The van der Waals surface area contributed by atoms with Gasteiger partial charge in [-0.05, 0) is 36.4 Å². The van der Waals surface area contributed by atoms with Crippen LogP contribution in [0.1, 0.15) is 0 Å². The topological polar surface area (TPSA) is 42.4 Å². The van der Waals surface area contributed by atoms with Gasteiger partial charge in [0.1, 0.15) is 5.75 Å². The zero-order chi connectivity index (χ0) is 14.1. The summed E-state index contributed by atoms with van der Waals surface area (Å²) in [7, 11) is 0. The minimum absolute atomic E-state index is 0.196. The van der Waals surface area contributed by atoms with Crippen molar-refractivity contribution in [2.45, 2.75) is 0 Å². The van der Waals surface area contributed by atoms with Crippen LogP contribution in [0.5, 0.6) is 17.4 Å². The van der Waals surface area contributed by atoms with E-state index in [2.05, 4.69) is 4.98 Å². The number of hydrogen-bond acceptors (Lipinski definition) is 3. The van der Waals surface area contributed by atoms with Crippen molar-refractivity contribution in [2.24, 2.45) is 0 Å². The number of pyridine rings is 1. The molecule has 0 unspecified atom stereocenters. The lowest BCUT2D eigenvalue weighted by Crippen LogP contribution is -1.90. The standard InChI is InChI=1S/C15H9Cl2NO2/c16-11-2-1-3-12(17)15(11)20-14-7-4-9-8-10(19)5-6-13(9)18-14/h1-8,19H. The van der Waals surface area contributed by atoms with Crippen LogP contribution in [0, 0.1) is 0 Å². The molecule has 20 heavy (non-hydrogen) atoms. The summed E-state index contributed by atoms with van der Waals surface area (Å²) in [6, 6.07) is 13.6. The van der Waals surface area contributed by atoms with Gasteiger partial charge in [-0.1, -0.05) is 29.3 Å². The van der Waals surface area contributed by atoms with Crippen molar-refractivity contribution >= 4 is 34.1 Å². The van der Waals surface area contributed by atoms with Gasteiger partial charge in [0.2, 0.25) is 5.88 Å². The fourth-order valence-corrected chi connectivity index (χ4v) is 2.31. The molecule has 5 heteroatoms. The highest BCUT2D eigenvalue weighted by Crippen LogP contribution is 2.35. The molecule has 100 valence electrons. The Morgan fingerprint density at radius 1 is 0.950 bits per heavy atom. The number of aromatic nitrogens is 1. The molecule has 0 amide bonds. The van der Waals surface area contributed by atoms with E-state index in [-0.39, 0.29) is 5.75 Å². The number of aromatic hydroxyl groups is 1. The first-order chi connectivity index (χ1) is 9.63. The second-order valence-electron chi connectivity index (χ2n) is 4.18. The summed E-state index contributed by atoms with van der Waals surface area (Å²) in [5.41, 5.74) is 0.712. The Balaban J connectivity index is 2.01. The van der Waals surface area contributed by atoms with Crippen LogP contribution in [0.25, 0.3) is 10.9 Å². The lowest BCUT2D eigenvalue weighted by molar-refractivity contribution is 0.465. The Kier molecular flexibility index (Phi) is 3.38. The van der Waals surface area contributed by atoms with Gasteiger partial charge in [0.15, 0.2) is 5.75 Å². The fraction of sp³-hybridized carbons (Fsp3) is 0. The van der Waals surface area contributed by atoms with E-state index in [1.54, 1.807) is 42.5 Å². The molecule has 0 aliphatic heterocycles. The van der Waals surface area contributed by atoms with Crippen molar-refractivity contribution in [3.8, 4) is 17.4 Å². The van der Waals surface area contributed by atoms with Crippen molar-refractivity contribution in [3.63, 3.8) is 0 Å². The number of hydrogen-bond donors (Lipinski definition) is 1. The van der Waals surface area contributed by atoms with E-state index in [0.717, 1.165) is 5.39 Å². The van der Waals surface area contributed by atoms with Crippen LogP contribution in [0.15, 0.2) is 48.5 Å². The lowest BCUT2D eigenvalue weighted by atomic mass is 10.2. The van der Waals surface area contributed by atoms with Crippen LogP contribution < -0.4 is 4.74 Å². The molecule has 1 N–H and O–H groups in total. The molecule has 2 aromatic carbocycles. The van der Waals surface area contributed by atoms with Gasteiger partial charge >= 0.3 is 0 Å². The van der Waals surface area contributed by atoms with Crippen LogP contribution in [0.4, 0.5) is 0 Å². The minimum Gasteiger partial charge on any atom is -0.508 e. The number of benzene rings is 2. The number of nitrogens with zero attached hydrogens (tertiary/aromatic N) is 1. The predicted molar refractivity (Wildman–Crippen MR) is 79.9 cm³/mol. The Hall–Kier alpha value is -1.97. The van der Waals surface area contributed by atoms with E-state index in [4.69, 9.17) is 27.9 Å². The summed E-state index contributed by atoms with van der Waals surface area (Å²) < 4.78 is 5.64. The van der Waals surface area contributed by atoms with Crippen molar-refractivity contribution in [1.29, 1.82) is 0 Å². The molecule has 3 rings (SSSR count). The maximum Gasteiger partial charge on any atom is 0.219 e. The first-order valence-corrected chi connectivity index (χ1v) is 6.61. The Morgan fingerprint density at radius 2 is 1.70 bits per heavy atom. The third-order valence-corrected chi connectivity index (χ3v) is 3.37. The molecule has 3 nitrogen and oxygen atoms in total. The van der Waals surface area contributed by atoms with Gasteiger partial charge in [0.05, 0.1) is 15.6 Å². The summed E-state index contributed by atoms with van der Waals surface area (Å²) in [6.45, 7) is 0. The maximum atomic E-state index is 9.41. The Bertz CT molecular complexity index is 770. The molecule has 3 aromatic rings. The second-order valence-corrected chi connectivity index (χ2v) is 4.99. The van der Waals surface area contributed by atoms with Crippen molar-refractivity contribution < 1.29 is 9.84 Å². The van der Waals surface area contributed by atoms with Crippen LogP contribution in [0.2, 0.25) is 10.0 Å². The third-order valence-electron chi connectivity index (χ3n) is 2.77. The van der Waals surface area contributed by atoms with E-state index in [1.165, 1.54) is 0 Å². The Labute approximate surface area is 125 Å². The molecule has 0 bridgehead atoms. The number of fused-ring (bicyclic) bond motifs is 1. The molecule has 0 radical (unpaired) electrons. The molecule has 0 saturated heterocycles. The van der Waals surface area contributed by atoms with E-state index < -0.39 is 0 Å². The van der Waals surface area contributed by atoms with Crippen LogP contribution in [-0.2, 0) is 0 Å². The second kappa shape index (κ2) is 5.19. The van der Waals surface area contributed by atoms with Crippen LogP contribution in [0.3, 0.4) is 0 Å². The summed E-state index contributed by atoms with van der Waals surface area (Å²) in [6.07, 6.45) is 0. The van der Waals surface area contributed by atoms with E-state index in [1.807, 2.05) is 6.07 Å². The summed E-state index contributed by atoms with van der Waals surface area (Å²) in [4.78, 5) is 4.34. The number of ether oxygens (including phenoxy) is 1. The highest BCUT2D eigenvalue weighted by atomic mass is 35.5. The van der Waals surface area contributed by atoms with Crippen molar-refractivity contribution in [1.82, 2.24) is 4.98 Å². The molecule has 0 aliphatic carbocycles. The molecule has 0 fully saturated rings. The predicted octanol–water partition coefficient (Wildman–Crippen LogP) is 5.04. The van der Waals surface area contributed by atoms with Gasteiger partial charge in [0.25, 0.3) is 0 Å².